The highest BCUT2D eigenvalue weighted by molar-refractivity contribution is 5.88. The number of methoxy groups -OCH3 is 1. The van der Waals surface area contributed by atoms with Crippen LogP contribution in [0.25, 0.3) is 0 Å². The Kier molecular flexibility index (Phi) is 3.35. The van der Waals surface area contributed by atoms with E-state index in [4.69, 9.17) is 9.84 Å². The molecule has 0 bridgehead atoms. The van der Waals surface area contributed by atoms with Crippen molar-refractivity contribution < 1.29 is 19.6 Å². The van der Waals surface area contributed by atoms with Crippen LogP contribution in [-0.2, 0) is 11.3 Å². The Hall–Kier alpha value is -1.95. The molecule has 0 unspecified atom stereocenters. The number of hydrogen-bond donors (Lipinski definition) is 1. The van der Waals surface area contributed by atoms with Gasteiger partial charge in [-0.3, -0.25) is 10.1 Å². The fourth-order valence-electron chi connectivity index (χ4n) is 1.17. The van der Waals surface area contributed by atoms with Crippen LogP contribution in [0.5, 0.6) is 0 Å². The molecule has 6 heteroatoms. The molecular weight excluding hydrogens is 202 g/mol. The SMILES string of the molecule is COCc1cc(C(=O)O)ccc1[N+](=O)[O-]. The summed E-state index contributed by atoms with van der Waals surface area (Å²) >= 11 is 0. The second-order valence-electron chi connectivity index (χ2n) is 2.84. The second-order valence-corrected chi connectivity index (χ2v) is 2.84. The lowest BCUT2D eigenvalue weighted by Gasteiger charge is -2.02. The topological polar surface area (TPSA) is 89.7 Å². The van der Waals surface area contributed by atoms with Gasteiger partial charge < -0.3 is 9.84 Å². The van der Waals surface area contributed by atoms with E-state index in [1.807, 2.05) is 0 Å². The average molecular weight is 211 g/mol. The third-order valence-corrected chi connectivity index (χ3v) is 1.82. The molecule has 15 heavy (non-hydrogen) atoms. The van der Waals surface area contributed by atoms with Gasteiger partial charge in [0.1, 0.15) is 0 Å². The molecule has 0 radical (unpaired) electrons. The largest absolute Gasteiger partial charge is 0.478 e. The average Bonchev–Trinajstić information content (AvgIpc) is 2.17. The number of nitro groups is 1. The van der Waals surface area contributed by atoms with Crippen LogP contribution < -0.4 is 0 Å². The van der Waals surface area contributed by atoms with Crippen molar-refractivity contribution in [2.75, 3.05) is 7.11 Å². The first-order chi connectivity index (χ1) is 7.06. The Morgan fingerprint density at radius 3 is 2.73 bits per heavy atom. The molecule has 0 aliphatic heterocycles. The van der Waals surface area contributed by atoms with E-state index in [2.05, 4.69) is 0 Å². The van der Waals surface area contributed by atoms with Crippen molar-refractivity contribution in [3.8, 4) is 0 Å². The van der Waals surface area contributed by atoms with Gasteiger partial charge in [0.25, 0.3) is 5.69 Å². The molecule has 0 fully saturated rings. The molecule has 0 saturated carbocycles. The predicted octanol–water partition coefficient (Wildman–Crippen LogP) is 1.44. The number of aromatic carboxylic acids is 1. The maximum atomic E-state index is 10.6. The van der Waals surface area contributed by atoms with Crippen molar-refractivity contribution in [2.24, 2.45) is 0 Å². The first kappa shape index (κ1) is 11.1. The zero-order valence-electron chi connectivity index (χ0n) is 7.97. The van der Waals surface area contributed by atoms with Crippen molar-refractivity contribution in [3.05, 3.63) is 39.4 Å². The van der Waals surface area contributed by atoms with E-state index in [1.165, 1.54) is 19.2 Å². The minimum Gasteiger partial charge on any atom is -0.478 e. The lowest BCUT2D eigenvalue weighted by atomic mass is 10.1. The van der Waals surface area contributed by atoms with Gasteiger partial charge in [-0.15, -0.1) is 0 Å². The molecule has 0 aliphatic carbocycles. The molecule has 0 spiro atoms. The van der Waals surface area contributed by atoms with E-state index in [0.717, 1.165) is 6.07 Å². The number of nitrogens with zero attached hydrogens (tertiary/aromatic N) is 1. The third kappa shape index (κ3) is 2.50. The minimum atomic E-state index is -1.12. The Bertz CT molecular complexity index is 401. The summed E-state index contributed by atoms with van der Waals surface area (Å²) in [6, 6.07) is 3.60. The lowest BCUT2D eigenvalue weighted by molar-refractivity contribution is -0.385. The molecular formula is C9H9NO5. The van der Waals surface area contributed by atoms with Crippen LogP contribution in [0.1, 0.15) is 15.9 Å². The van der Waals surface area contributed by atoms with Gasteiger partial charge in [0.05, 0.1) is 22.7 Å². The van der Waals surface area contributed by atoms with Crippen molar-refractivity contribution >= 4 is 11.7 Å². The van der Waals surface area contributed by atoms with Crippen molar-refractivity contribution in [1.29, 1.82) is 0 Å². The first-order valence-electron chi connectivity index (χ1n) is 4.05. The van der Waals surface area contributed by atoms with E-state index in [1.54, 1.807) is 0 Å². The summed E-state index contributed by atoms with van der Waals surface area (Å²) in [5, 5.41) is 19.3. The molecule has 80 valence electrons. The molecule has 0 heterocycles. The van der Waals surface area contributed by atoms with E-state index in [9.17, 15) is 14.9 Å². The fraction of sp³-hybridized carbons (Fsp3) is 0.222. The molecule has 1 aromatic carbocycles. The Balaban J connectivity index is 3.20. The number of benzene rings is 1. The number of carbonyl (C=O) groups is 1. The highest BCUT2D eigenvalue weighted by atomic mass is 16.6. The van der Waals surface area contributed by atoms with Crippen molar-refractivity contribution in [2.45, 2.75) is 6.61 Å². The molecule has 1 aromatic rings. The number of nitro benzene ring substituents is 1. The highest BCUT2D eigenvalue weighted by Crippen LogP contribution is 2.20. The summed E-state index contributed by atoms with van der Waals surface area (Å²) < 4.78 is 4.76. The standard InChI is InChI=1S/C9H9NO5/c1-15-5-7-4-6(9(11)12)2-3-8(7)10(13)14/h2-4H,5H2,1H3,(H,11,12). The van der Waals surface area contributed by atoms with Gasteiger partial charge >= 0.3 is 5.97 Å². The highest BCUT2D eigenvalue weighted by Gasteiger charge is 2.15. The van der Waals surface area contributed by atoms with Crippen LogP contribution >= 0.6 is 0 Å². The molecule has 1 N–H and O–H groups in total. The van der Waals surface area contributed by atoms with E-state index in [-0.39, 0.29) is 23.4 Å². The zero-order chi connectivity index (χ0) is 11.4. The second kappa shape index (κ2) is 4.52. The Morgan fingerprint density at radius 2 is 2.27 bits per heavy atom. The Morgan fingerprint density at radius 1 is 1.60 bits per heavy atom. The maximum Gasteiger partial charge on any atom is 0.335 e. The van der Waals surface area contributed by atoms with Crippen LogP contribution in [0.3, 0.4) is 0 Å². The number of carboxylic acids is 1. The summed E-state index contributed by atoms with van der Waals surface area (Å²) in [5.74, 6) is -1.12. The van der Waals surface area contributed by atoms with Gasteiger partial charge in [-0.05, 0) is 12.1 Å². The molecule has 0 atom stereocenters. The lowest BCUT2D eigenvalue weighted by Crippen LogP contribution is -2.02. The van der Waals surface area contributed by atoms with Crippen LogP contribution in [0, 0.1) is 10.1 Å². The van der Waals surface area contributed by atoms with Gasteiger partial charge in [-0.1, -0.05) is 0 Å². The first-order valence-corrected chi connectivity index (χ1v) is 4.05. The van der Waals surface area contributed by atoms with E-state index in [0.29, 0.717) is 0 Å². The van der Waals surface area contributed by atoms with Crippen LogP contribution in [-0.4, -0.2) is 23.1 Å². The van der Waals surface area contributed by atoms with Gasteiger partial charge in [0.15, 0.2) is 0 Å². The van der Waals surface area contributed by atoms with Crippen molar-refractivity contribution in [1.82, 2.24) is 0 Å². The number of ether oxygens (including phenoxy) is 1. The maximum absolute atomic E-state index is 10.6. The molecule has 1 rings (SSSR count). The summed E-state index contributed by atoms with van der Waals surface area (Å²) in [6.07, 6.45) is 0. The van der Waals surface area contributed by atoms with E-state index < -0.39 is 10.9 Å². The zero-order valence-corrected chi connectivity index (χ0v) is 7.97. The quantitative estimate of drug-likeness (QED) is 0.601. The molecule has 0 aromatic heterocycles. The smallest absolute Gasteiger partial charge is 0.335 e. The predicted molar refractivity (Wildman–Crippen MR) is 50.8 cm³/mol. The summed E-state index contributed by atoms with van der Waals surface area (Å²) in [6.45, 7) is 0.0113. The summed E-state index contributed by atoms with van der Waals surface area (Å²) in [7, 11) is 1.39. The Labute approximate surface area is 85.2 Å². The van der Waals surface area contributed by atoms with Crippen LogP contribution in [0.15, 0.2) is 18.2 Å². The third-order valence-electron chi connectivity index (χ3n) is 1.82. The van der Waals surface area contributed by atoms with Crippen LogP contribution in [0.2, 0.25) is 0 Å². The number of rotatable bonds is 4. The fourth-order valence-corrected chi connectivity index (χ4v) is 1.17. The summed E-state index contributed by atoms with van der Waals surface area (Å²) in [5.41, 5.74) is 0.122. The minimum absolute atomic E-state index is 0.00708. The van der Waals surface area contributed by atoms with Gasteiger partial charge in [-0.25, -0.2) is 4.79 Å². The van der Waals surface area contributed by atoms with Gasteiger partial charge in [0, 0.05) is 13.2 Å². The molecule has 0 amide bonds. The van der Waals surface area contributed by atoms with Gasteiger partial charge in [-0.2, -0.15) is 0 Å². The van der Waals surface area contributed by atoms with Crippen molar-refractivity contribution in [3.63, 3.8) is 0 Å². The summed E-state index contributed by atoms with van der Waals surface area (Å²) in [4.78, 5) is 20.6. The molecule has 0 saturated heterocycles. The molecule has 0 aliphatic rings. The monoisotopic (exact) mass is 211 g/mol. The number of carboxylic acid groups (broad SMARTS) is 1. The normalized spacial score (nSPS) is 9.93. The number of hydrogen-bond acceptors (Lipinski definition) is 4. The van der Waals surface area contributed by atoms with Gasteiger partial charge in [0.2, 0.25) is 0 Å². The molecule has 6 nitrogen and oxygen atoms in total. The van der Waals surface area contributed by atoms with Crippen LogP contribution in [0.4, 0.5) is 5.69 Å². The van der Waals surface area contributed by atoms with E-state index >= 15 is 0 Å².